The molecule has 0 bridgehead atoms. The van der Waals surface area contributed by atoms with Crippen molar-refractivity contribution in [1.29, 1.82) is 0 Å². The number of benzene rings is 1. The van der Waals surface area contributed by atoms with Crippen LogP contribution in [0.3, 0.4) is 0 Å². The standard InChI is InChI=1S/C17H17Cl2NO3/c1-9(2)23-15-8-14(12(18)7-13(15)19)20-16(21)10-5-3-4-6-11(10)17(20)22/h7-9H,3-6H2,1-2H3. The zero-order valence-electron chi connectivity index (χ0n) is 13.0. The van der Waals surface area contributed by atoms with Gasteiger partial charge in [-0.2, -0.15) is 0 Å². The zero-order chi connectivity index (χ0) is 16.7. The number of amides is 2. The van der Waals surface area contributed by atoms with E-state index in [2.05, 4.69) is 0 Å². The first-order chi connectivity index (χ1) is 10.9. The first-order valence-corrected chi connectivity index (χ1v) is 8.42. The molecule has 1 aromatic rings. The van der Waals surface area contributed by atoms with Crippen LogP contribution in [0.25, 0.3) is 0 Å². The second kappa shape index (κ2) is 6.17. The molecule has 0 atom stereocenters. The highest BCUT2D eigenvalue weighted by Gasteiger charge is 2.40. The van der Waals surface area contributed by atoms with Crippen LogP contribution in [-0.2, 0) is 9.59 Å². The maximum Gasteiger partial charge on any atom is 0.261 e. The summed E-state index contributed by atoms with van der Waals surface area (Å²) in [6.45, 7) is 3.74. The van der Waals surface area contributed by atoms with E-state index in [-0.39, 0.29) is 22.9 Å². The van der Waals surface area contributed by atoms with Crippen LogP contribution < -0.4 is 9.64 Å². The van der Waals surface area contributed by atoms with E-state index in [1.165, 1.54) is 6.07 Å². The average Bonchev–Trinajstić information content (AvgIpc) is 2.74. The van der Waals surface area contributed by atoms with Gasteiger partial charge >= 0.3 is 0 Å². The lowest BCUT2D eigenvalue weighted by molar-refractivity contribution is -0.120. The minimum Gasteiger partial charge on any atom is -0.489 e. The van der Waals surface area contributed by atoms with Crippen LogP contribution in [-0.4, -0.2) is 17.9 Å². The lowest BCUT2D eigenvalue weighted by Crippen LogP contribution is -2.31. The van der Waals surface area contributed by atoms with Crippen molar-refractivity contribution in [3.05, 3.63) is 33.3 Å². The highest BCUT2D eigenvalue weighted by atomic mass is 35.5. The molecule has 6 heteroatoms. The van der Waals surface area contributed by atoms with Gasteiger partial charge < -0.3 is 4.74 Å². The van der Waals surface area contributed by atoms with E-state index in [1.54, 1.807) is 6.07 Å². The Morgan fingerprint density at radius 1 is 1.00 bits per heavy atom. The van der Waals surface area contributed by atoms with Gasteiger partial charge in [0.25, 0.3) is 11.8 Å². The summed E-state index contributed by atoms with van der Waals surface area (Å²) >= 11 is 12.4. The molecule has 1 aromatic carbocycles. The molecule has 122 valence electrons. The molecule has 4 nitrogen and oxygen atoms in total. The van der Waals surface area contributed by atoms with Crippen molar-refractivity contribution >= 4 is 40.7 Å². The molecule has 0 saturated carbocycles. The molecular weight excluding hydrogens is 337 g/mol. The van der Waals surface area contributed by atoms with Gasteiger partial charge in [0.2, 0.25) is 0 Å². The van der Waals surface area contributed by atoms with E-state index in [0.29, 0.717) is 40.4 Å². The van der Waals surface area contributed by atoms with Crippen LogP contribution in [0.4, 0.5) is 5.69 Å². The quantitative estimate of drug-likeness (QED) is 0.750. The van der Waals surface area contributed by atoms with Gasteiger partial charge in [-0.05, 0) is 45.6 Å². The number of carbonyl (C=O) groups is 2. The van der Waals surface area contributed by atoms with Crippen LogP contribution in [0.15, 0.2) is 23.3 Å². The van der Waals surface area contributed by atoms with E-state index < -0.39 is 0 Å². The Kier molecular flexibility index (Phi) is 4.39. The molecule has 0 fully saturated rings. The number of rotatable bonds is 3. The second-order valence-corrected chi connectivity index (χ2v) is 6.82. The van der Waals surface area contributed by atoms with Gasteiger partial charge in [0, 0.05) is 17.2 Å². The third-order valence-electron chi connectivity index (χ3n) is 4.00. The Morgan fingerprint density at radius 3 is 2.09 bits per heavy atom. The molecule has 2 aliphatic rings. The summed E-state index contributed by atoms with van der Waals surface area (Å²) in [6, 6.07) is 3.08. The maximum atomic E-state index is 12.6. The van der Waals surface area contributed by atoms with Crippen LogP contribution >= 0.6 is 23.2 Å². The van der Waals surface area contributed by atoms with E-state index in [4.69, 9.17) is 27.9 Å². The van der Waals surface area contributed by atoms with Crippen molar-refractivity contribution < 1.29 is 14.3 Å². The third kappa shape index (κ3) is 2.86. The minimum absolute atomic E-state index is 0.0853. The summed E-state index contributed by atoms with van der Waals surface area (Å²) in [4.78, 5) is 26.4. The highest BCUT2D eigenvalue weighted by molar-refractivity contribution is 6.41. The highest BCUT2D eigenvalue weighted by Crippen LogP contribution is 2.41. The van der Waals surface area contributed by atoms with Crippen LogP contribution in [0, 0.1) is 0 Å². The van der Waals surface area contributed by atoms with Crippen molar-refractivity contribution in [1.82, 2.24) is 0 Å². The Hall–Kier alpha value is -1.52. The number of ether oxygens (including phenoxy) is 1. The normalized spacial score (nSPS) is 18.0. The summed E-state index contributed by atoms with van der Waals surface area (Å²) in [5, 5.41) is 0.608. The molecule has 1 aliphatic heterocycles. The number of anilines is 1. The SMILES string of the molecule is CC(C)Oc1cc(N2C(=O)C3=C(CCCC3)C2=O)c(Cl)cc1Cl. The Bertz CT molecular complexity index is 697. The lowest BCUT2D eigenvalue weighted by atomic mass is 9.93. The molecule has 0 saturated heterocycles. The molecule has 1 heterocycles. The number of hydrogen-bond donors (Lipinski definition) is 0. The lowest BCUT2D eigenvalue weighted by Gasteiger charge is -2.19. The van der Waals surface area contributed by atoms with Crippen LogP contribution in [0.5, 0.6) is 5.75 Å². The topological polar surface area (TPSA) is 46.6 Å². The summed E-state index contributed by atoms with van der Waals surface area (Å²) < 4.78 is 5.64. The predicted octanol–water partition coefficient (Wildman–Crippen LogP) is 4.52. The maximum absolute atomic E-state index is 12.6. The zero-order valence-corrected chi connectivity index (χ0v) is 14.5. The van der Waals surface area contributed by atoms with E-state index in [1.807, 2.05) is 13.8 Å². The van der Waals surface area contributed by atoms with Gasteiger partial charge in [-0.3, -0.25) is 9.59 Å². The van der Waals surface area contributed by atoms with Crippen molar-refractivity contribution in [2.45, 2.75) is 45.6 Å². The Labute approximate surface area is 145 Å². The average molecular weight is 354 g/mol. The fourth-order valence-corrected chi connectivity index (χ4v) is 3.50. The van der Waals surface area contributed by atoms with Crippen molar-refractivity contribution in [3.8, 4) is 5.75 Å². The van der Waals surface area contributed by atoms with Gasteiger partial charge in [-0.1, -0.05) is 23.2 Å². The summed E-state index contributed by atoms with van der Waals surface area (Å²) in [5.41, 5.74) is 1.58. The molecule has 0 aromatic heterocycles. The van der Waals surface area contributed by atoms with Crippen LogP contribution in [0.2, 0.25) is 10.0 Å². The number of halogens is 2. The Balaban J connectivity index is 2.02. The molecule has 0 unspecified atom stereocenters. The Morgan fingerprint density at radius 2 is 1.57 bits per heavy atom. The number of carbonyl (C=O) groups excluding carboxylic acids is 2. The first-order valence-electron chi connectivity index (χ1n) is 7.66. The molecule has 3 rings (SSSR count). The smallest absolute Gasteiger partial charge is 0.261 e. The fraction of sp³-hybridized carbons (Fsp3) is 0.412. The third-order valence-corrected chi connectivity index (χ3v) is 4.59. The van der Waals surface area contributed by atoms with Gasteiger partial charge in [0.15, 0.2) is 0 Å². The molecular formula is C17H17Cl2NO3. The number of nitrogens with zero attached hydrogens (tertiary/aromatic N) is 1. The largest absolute Gasteiger partial charge is 0.489 e. The molecule has 2 amide bonds. The second-order valence-electron chi connectivity index (χ2n) is 6.01. The van der Waals surface area contributed by atoms with Crippen molar-refractivity contribution in [2.24, 2.45) is 0 Å². The van der Waals surface area contributed by atoms with Gasteiger partial charge in [0.1, 0.15) is 5.75 Å². The van der Waals surface area contributed by atoms with Gasteiger partial charge in [0.05, 0.1) is 21.8 Å². The molecule has 0 N–H and O–H groups in total. The van der Waals surface area contributed by atoms with Crippen molar-refractivity contribution in [2.75, 3.05) is 4.90 Å². The molecule has 23 heavy (non-hydrogen) atoms. The predicted molar refractivity (Wildman–Crippen MR) is 90.2 cm³/mol. The van der Waals surface area contributed by atoms with Crippen LogP contribution in [0.1, 0.15) is 39.5 Å². The van der Waals surface area contributed by atoms with E-state index >= 15 is 0 Å². The van der Waals surface area contributed by atoms with E-state index in [0.717, 1.165) is 17.7 Å². The minimum atomic E-state index is -0.274. The fourth-order valence-electron chi connectivity index (χ4n) is 2.99. The molecule has 0 radical (unpaired) electrons. The van der Waals surface area contributed by atoms with E-state index in [9.17, 15) is 9.59 Å². The molecule has 0 spiro atoms. The van der Waals surface area contributed by atoms with Gasteiger partial charge in [-0.25, -0.2) is 4.90 Å². The first kappa shape index (κ1) is 16.3. The summed E-state index contributed by atoms with van der Waals surface area (Å²) in [5.74, 6) is -0.139. The monoisotopic (exact) mass is 353 g/mol. The summed E-state index contributed by atoms with van der Waals surface area (Å²) in [7, 11) is 0. The van der Waals surface area contributed by atoms with Gasteiger partial charge in [-0.15, -0.1) is 0 Å². The number of imide groups is 1. The molecule has 1 aliphatic carbocycles. The van der Waals surface area contributed by atoms with Crippen molar-refractivity contribution in [3.63, 3.8) is 0 Å². The number of hydrogen-bond acceptors (Lipinski definition) is 3. The summed E-state index contributed by atoms with van der Waals surface area (Å²) in [6.07, 6.45) is 3.08.